The number of likely N-dealkylation sites (tertiary alicyclic amines) is 1. The van der Waals surface area contributed by atoms with Crippen molar-refractivity contribution >= 4 is 28.4 Å². The molecule has 4 aromatic rings. The largest absolute Gasteiger partial charge is 0.497 e. The third-order valence-corrected chi connectivity index (χ3v) is 7.02. The van der Waals surface area contributed by atoms with Crippen LogP contribution in [-0.4, -0.2) is 70.5 Å². The van der Waals surface area contributed by atoms with E-state index in [0.717, 1.165) is 23.8 Å². The van der Waals surface area contributed by atoms with Crippen molar-refractivity contribution in [2.45, 2.75) is 44.8 Å². The second-order valence-electron chi connectivity index (χ2n) is 10.1. The third kappa shape index (κ3) is 5.13. The molecule has 0 spiro atoms. The number of halogens is 1. The maximum atomic E-state index is 14.4. The van der Waals surface area contributed by atoms with Crippen LogP contribution in [-0.2, 0) is 11.3 Å². The van der Waals surface area contributed by atoms with E-state index in [1.54, 1.807) is 30.7 Å². The van der Waals surface area contributed by atoms with E-state index < -0.39 is 11.6 Å². The Morgan fingerprint density at radius 2 is 1.90 bits per heavy atom. The van der Waals surface area contributed by atoms with Crippen LogP contribution in [0.1, 0.15) is 44.0 Å². The number of carbonyl (C=O) groups excluding carboxylic acids is 1. The number of aromatic nitrogens is 4. The molecule has 11 heteroatoms. The van der Waals surface area contributed by atoms with Crippen molar-refractivity contribution in [3.05, 3.63) is 47.8 Å². The predicted molar refractivity (Wildman–Crippen MR) is 145 cm³/mol. The summed E-state index contributed by atoms with van der Waals surface area (Å²) >= 11 is 0. The van der Waals surface area contributed by atoms with Gasteiger partial charge in [-0.05, 0) is 51.0 Å². The highest BCUT2D eigenvalue weighted by atomic mass is 19.1. The highest BCUT2D eigenvalue weighted by molar-refractivity contribution is 5.96. The molecule has 206 valence electrons. The summed E-state index contributed by atoms with van der Waals surface area (Å²) in [5, 5.41) is 9.00. The van der Waals surface area contributed by atoms with E-state index in [0.29, 0.717) is 59.8 Å². The van der Waals surface area contributed by atoms with E-state index >= 15 is 0 Å². The number of rotatable bonds is 8. The fraction of sp³-hybridized carbons (Fsp3) is 0.429. The Bertz CT molecular complexity index is 1520. The average Bonchev–Trinajstić information content (AvgIpc) is 3.41. The molecule has 0 radical (unpaired) electrons. The number of piperidine rings is 1. The first-order valence-electron chi connectivity index (χ1n) is 12.9. The molecule has 0 bridgehead atoms. The van der Waals surface area contributed by atoms with Crippen LogP contribution in [0.15, 0.2) is 36.4 Å². The maximum Gasteiger partial charge on any atom is 0.259 e. The fourth-order valence-corrected chi connectivity index (χ4v) is 4.99. The Balaban J connectivity index is 1.54. The summed E-state index contributed by atoms with van der Waals surface area (Å²) in [5.74, 6) is 2.42. The normalized spacial score (nSPS) is 15.9. The van der Waals surface area contributed by atoms with Gasteiger partial charge in [-0.2, -0.15) is 4.52 Å². The summed E-state index contributed by atoms with van der Waals surface area (Å²) in [5.41, 5.74) is 0.247. The molecule has 39 heavy (non-hydrogen) atoms. The minimum absolute atomic E-state index is 0.125. The minimum Gasteiger partial charge on any atom is -0.497 e. The molecule has 5 rings (SSSR count). The summed E-state index contributed by atoms with van der Waals surface area (Å²) in [6, 6.07) is 11.3. The van der Waals surface area contributed by atoms with Crippen LogP contribution in [0.3, 0.4) is 0 Å². The summed E-state index contributed by atoms with van der Waals surface area (Å²) in [6.07, 6.45) is 1.55. The van der Waals surface area contributed by atoms with Crippen molar-refractivity contribution in [1.82, 2.24) is 24.5 Å². The molecule has 0 aliphatic carbocycles. The second kappa shape index (κ2) is 10.5. The number of hydrogen-bond acceptors (Lipinski definition) is 8. The lowest BCUT2D eigenvalue weighted by Gasteiger charge is -2.34. The molecular weight excluding hydrogens is 503 g/mol. The number of nitrogens with zero attached hydrogens (tertiary/aromatic N) is 5. The molecule has 1 N–H and O–H groups in total. The molecule has 1 aliphatic heterocycles. The van der Waals surface area contributed by atoms with Gasteiger partial charge >= 0.3 is 0 Å². The van der Waals surface area contributed by atoms with Gasteiger partial charge in [-0.1, -0.05) is 6.07 Å². The predicted octanol–water partition coefficient (Wildman–Crippen LogP) is 4.37. The monoisotopic (exact) mass is 536 g/mol. The van der Waals surface area contributed by atoms with Gasteiger partial charge in [-0.15, -0.1) is 5.10 Å². The van der Waals surface area contributed by atoms with Crippen molar-refractivity contribution < 1.29 is 23.4 Å². The molecule has 3 heterocycles. The summed E-state index contributed by atoms with van der Waals surface area (Å²) in [6.45, 7) is 3.88. The first kappa shape index (κ1) is 26.5. The number of fused-ring (bicyclic) bond motifs is 3. The highest BCUT2D eigenvalue weighted by Crippen LogP contribution is 2.32. The van der Waals surface area contributed by atoms with E-state index in [2.05, 4.69) is 5.32 Å². The average molecular weight is 537 g/mol. The van der Waals surface area contributed by atoms with Gasteiger partial charge in [0.2, 0.25) is 5.95 Å². The summed E-state index contributed by atoms with van der Waals surface area (Å²) in [7, 11) is 4.82. The standard InChI is InChI=1S/C28H33FN6O4/c1-28(2,29)26(36)34-13-7-8-18(16-34)24-32-25-20-9-6-10-21(38-4)23(20)31-27(35(25)33-24)30-15-17-11-12-19(37-3)14-22(17)39-5/h6,9-12,14,18H,7-8,13,15-16H2,1-5H3,(H,30,31)/t18-/m1/s1. The molecule has 2 aromatic carbocycles. The lowest BCUT2D eigenvalue weighted by Crippen LogP contribution is -2.47. The van der Waals surface area contributed by atoms with Gasteiger partial charge in [0.1, 0.15) is 22.8 Å². The highest BCUT2D eigenvalue weighted by Gasteiger charge is 2.36. The zero-order valence-electron chi connectivity index (χ0n) is 22.8. The molecule has 2 aromatic heterocycles. The van der Waals surface area contributed by atoms with Crippen molar-refractivity contribution in [1.29, 1.82) is 0 Å². The summed E-state index contributed by atoms with van der Waals surface area (Å²) in [4.78, 5) is 24.0. The molecule has 1 fully saturated rings. The number of alkyl halides is 1. The molecule has 1 aliphatic rings. The minimum atomic E-state index is -1.93. The quantitative estimate of drug-likeness (QED) is 0.354. The van der Waals surface area contributed by atoms with Crippen LogP contribution < -0.4 is 19.5 Å². The van der Waals surface area contributed by atoms with Gasteiger partial charge in [0.25, 0.3) is 5.91 Å². The van der Waals surface area contributed by atoms with E-state index in [1.807, 2.05) is 36.4 Å². The maximum absolute atomic E-state index is 14.4. The Morgan fingerprint density at radius 3 is 2.62 bits per heavy atom. The molecule has 1 atom stereocenters. The molecule has 10 nitrogen and oxygen atoms in total. The first-order chi connectivity index (χ1) is 18.7. The van der Waals surface area contributed by atoms with Crippen LogP contribution in [0.5, 0.6) is 17.2 Å². The lowest BCUT2D eigenvalue weighted by atomic mass is 9.96. The van der Waals surface area contributed by atoms with E-state index in [-0.39, 0.29) is 5.92 Å². The van der Waals surface area contributed by atoms with Crippen LogP contribution in [0.25, 0.3) is 16.6 Å². The molecule has 0 unspecified atom stereocenters. The topological polar surface area (TPSA) is 103 Å². The van der Waals surface area contributed by atoms with Gasteiger partial charge in [0, 0.05) is 42.6 Å². The number of nitrogens with one attached hydrogen (secondary N) is 1. The Hall–Kier alpha value is -4.15. The zero-order valence-corrected chi connectivity index (χ0v) is 22.8. The van der Waals surface area contributed by atoms with Gasteiger partial charge < -0.3 is 24.4 Å². The zero-order chi connectivity index (χ0) is 27.7. The van der Waals surface area contributed by atoms with Gasteiger partial charge in [-0.3, -0.25) is 4.79 Å². The number of anilines is 1. The Morgan fingerprint density at radius 1 is 1.10 bits per heavy atom. The molecule has 1 amide bonds. The van der Waals surface area contributed by atoms with Gasteiger partial charge in [-0.25, -0.2) is 14.4 Å². The van der Waals surface area contributed by atoms with Crippen LogP contribution in [0.2, 0.25) is 0 Å². The number of carbonyl (C=O) groups is 1. The van der Waals surface area contributed by atoms with Crippen LogP contribution in [0.4, 0.5) is 10.3 Å². The Kier molecular flexibility index (Phi) is 7.16. The van der Waals surface area contributed by atoms with Crippen molar-refractivity contribution in [3.63, 3.8) is 0 Å². The van der Waals surface area contributed by atoms with Crippen LogP contribution >= 0.6 is 0 Å². The van der Waals surface area contributed by atoms with Crippen molar-refractivity contribution in [2.75, 3.05) is 39.7 Å². The van der Waals surface area contributed by atoms with E-state index in [4.69, 9.17) is 29.3 Å². The van der Waals surface area contributed by atoms with E-state index in [1.165, 1.54) is 13.8 Å². The van der Waals surface area contributed by atoms with Crippen molar-refractivity contribution in [3.8, 4) is 17.2 Å². The SMILES string of the molecule is COc1ccc(CNc2nc3c(OC)cccc3c3nc([C@@H]4CCCN(C(=O)C(C)(C)F)C4)nn23)c(OC)c1. The Labute approximate surface area is 226 Å². The smallest absolute Gasteiger partial charge is 0.259 e. The number of ether oxygens (including phenoxy) is 3. The van der Waals surface area contributed by atoms with Gasteiger partial charge in [0.15, 0.2) is 17.1 Å². The number of benzene rings is 2. The fourth-order valence-electron chi connectivity index (χ4n) is 4.99. The number of hydrogen-bond donors (Lipinski definition) is 1. The molecular formula is C28H33FN6O4. The van der Waals surface area contributed by atoms with Crippen molar-refractivity contribution in [2.24, 2.45) is 0 Å². The number of amides is 1. The summed E-state index contributed by atoms with van der Waals surface area (Å²) < 4.78 is 32.6. The second-order valence-corrected chi connectivity index (χ2v) is 10.1. The molecule has 1 saturated heterocycles. The van der Waals surface area contributed by atoms with E-state index in [9.17, 15) is 9.18 Å². The number of para-hydroxylation sites is 1. The van der Waals surface area contributed by atoms with Gasteiger partial charge in [0.05, 0.1) is 21.3 Å². The lowest BCUT2D eigenvalue weighted by molar-refractivity contribution is -0.143. The number of methoxy groups -OCH3 is 3. The first-order valence-corrected chi connectivity index (χ1v) is 12.9. The molecule has 0 saturated carbocycles. The third-order valence-electron chi connectivity index (χ3n) is 7.02. The van der Waals surface area contributed by atoms with Crippen LogP contribution in [0, 0.1) is 0 Å².